The third-order valence-electron chi connectivity index (χ3n) is 4.93. The first-order valence-electron chi connectivity index (χ1n) is 8.64. The minimum atomic E-state index is 0.240. The molecule has 1 aliphatic carbocycles. The van der Waals surface area contributed by atoms with Gasteiger partial charge in [0.25, 0.3) is 0 Å². The SMILES string of the molecule is CN(C(=O)Cc1ccc(-c2ccccc2)cc1)C1CCCCC1. The van der Waals surface area contributed by atoms with Crippen LogP contribution in [0.3, 0.4) is 0 Å². The first-order valence-corrected chi connectivity index (χ1v) is 8.64. The Balaban J connectivity index is 1.62. The van der Waals surface area contributed by atoms with Crippen LogP contribution in [-0.2, 0) is 11.2 Å². The van der Waals surface area contributed by atoms with Crippen LogP contribution in [0.2, 0.25) is 0 Å². The highest BCUT2D eigenvalue weighted by Gasteiger charge is 2.21. The van der Waals surface area contributed by atoms with Gasteiger partial charge in [-0.1, -0.05) is 73.9 Å². The summed E-state index contributed by atoms with van der Waals surface area (Å²) in [6.07, 6.45) is 6.66. The molecule has 1 aliphatic rings. The molecule has 0 aliphatic heterocycles. The number of nitrogens with zero attached hydrogens (tertiary/aromatic N) is 1. The van der Waals surface area contributed by atoms with Crippen molar-refractivity contribution >= 4 is 5.91 Å². The van der Waals surface area contributed by atoms with Crippen LogP contribution in [0.4, 0.5) is 0 Å². The van der Waals surface area contributed by atoms with Gasteiger partial charge < -0.3 is 4.90 Å². The topological polar surface area (TPSA) is 20.3 Å². The van der Waals surface area contributed by atoms with Crippen molar-refractivity contribution in [2.24, 2.45) is 0 Å². The Morgan fingerprint density at radius 3 is 2.17 bits per heavy atom. The second-order valence-corrected chi connectivity index (χ2v) is 6.54. The average molecular weight is 307 g/mol. The number of amides is 1. The van der Waals surface area contributed by atoms with Gasteiger partial charge in [-0.2, -0.15) is 0 Å². The number of hydrogen-bond acceptors (Lipinski definition) is 1. The van der Waals surface area contributed by atoms with Crippen molar-refractivity contribution < 1.29 is 4.79 Å². The first-order chi connectivity index (χ1) is 11.2. The molecule has 0 atom stereocenters. The maximum atomic E-state index is 12.5. The lowest BCUT2D eigenvalue weighted by Crippen LogP contribution is -2.39. The van der Waals surface area contributed by atoms with Crippen molar-refractivity contribution in [2.75, 3.05) is 7.05 Å². The van der Waals surface area contributed by atoms with E-state index < -0.39 is 0 Å². The van der Waals surface area contributed by atoms with E-state index in [1.807, 2.05) is 30.1 Å². The summed E-state index contributed by atoms with van der Waals surface area (Å²) in [4.78, 5) is 14.5. The number of likely N-dealkylation sites (N-methyl/N-ethyl adjacent to an activating group) is 1. The molecule has 0 bridgehead atoms. The molecule has 0 radical (unpaired) electrons. The van der Waals surface area contributed by atoms with Gasteiger partial charge in [-0.25, -0.2) is 0 Å². The molecular weight excluding hydrogens is 282 g/mol. The quantitative estimate of drug-likeness (QED) is 0.802. The molecule has 1 saturated carbocycles. The summed E-state index contributed by atoms with van der Waals surface area (Å²) in [5.41, 5.74) is 3.50. The monoisotopic (exact) mass is 307 g/mol. The van der Waals surface area contributed by atoms with E-state index in [1.165, 1.54) is 30.4 Å². The molecule has 0 spiro atoms. The number of benzene rings is 2. The van der Waals surface area contributed by atoms with Gasteiger partial charge >= 0.3 is 0 Å². The Morgan fingerprint density at radius 2 is 1.52 bits per heavy atom. The molecule has 3 rings (SSSR count). The maximum absolute atomic E-state index is 12.5. The second-order valence-electron chi connectivity index (χ2n) is 6.54. The molecule has 120 valence electrons. The van der Waals surface area contributed by atoms with Crippen LogP contribution < -0.4 is 0 Å². The van der Waals surface area contributed by atoms with E-state index in [9.17, 15) is 4.79 Å². The number of carbonyl (C=O) groups is 1. The van der Waals surface area contributed by atoms with Crippen molar-refractivity contribution in [1.82, 2.24) is 4.90 Å². The minimum Gasteiger partial charge on any atom is -0.342 e. The third kappa shape index (κ3) is 4.01. The largest absolute Gasteiger partial charge is 0.342 e. The van der Waals surface area contributed by atoms with Gasteiger partial charge in [-0.3, -0.25) is 4.79 Å². The van der Waals surface area contributed by atoms with Crippen LogP contribution in [0, 0.1) is 0 Å². The van der Waals surface area contributed by atoms with Crippen LogP contribution in [-0.4, -0.2) is 23.9 Å². The van der Waals surface area contributed by atoms with Crippen molar-refractivity contribution in [3.05, 3.63) is 60.2 Å². The molecule has 2 aromatic carbocycles. The van der Waals surface area contributed by atoms with E-state index in [-0.39, 0.29) is 5.91 Å². The Morgan fingerprint density at radius 1 is 0.913 bits per heavy atom. The third-order valence-corrected chi connectivity index (χ3v) is 4.93. The molecule has 0 N–H and O–H groups in total. The summed E-state index contributed by atoms with van der Waals surface area (Å²) < 4.78 is 0. The summed E-state index contributed by atoms with van der Waals surface area (Å²) in [5, 5.41) is 0. The van der Waals surface area contributed by atoms with Crippen molar-refractivity contribution in [3.63, 3.8) is 0 Å². The Hall–Kier alpha value is -2.09. The summed E-state index contributed by atoms with van der Waals surface area (Å²) >= 11 is 0. The van der Waals surface area contributed by atoms with Crippen molar-refractivity contribution in [3.8, 4) is 11.1 Å². The zero-order valence-corrected chi connectivity index (χ0v) is 13.9. The highest BCUT2D eigenvalue weighted by atomic mass is 16.2. The summed E-state index contributed by atoms with van der Waals surface area (Å²) in [7, 11) is 1.97. The molecule has 2 nitrogen and oxygen atoms in total. The molecule has 0 saturated heterocycles. The van der Waals surface area contributed by atoms with E-state index in [4.69, 9.17) is 0 Å². The van der Waals surface area contributed by atoms with Gasteiger partial charge in [-0.15, -0.1) is 0 Å². The smallest absolute Gasteiger partial charge is 0.226 e. The van der Waals surface area contributed by atoms with Gasteiger partial charge in [0.05, 0.1) is 6.42 Å². The van der Waals surface area contributed by atoms with Gasteiger partial charge in [0.1, 0.15) is 0 Å². The molecule has 2 aromatic rings. The van der Waals surface area contributed by atoms with Gasteiger partial charge in [0.15, 0.2) is 0 Å². The van der Waals surface area contributed by atoms with Gasteiger partial charge in [0, 0.05) is 13.1 Å². The van der Waals surface area contributed by atoms with Gasteiger partial charge in [0.2, 0.25) is 5.91 Å². The van der Waals surface area contributed by atoms with Crippen molar-refractivity contribution in [2.45, 2.75) is 44.6 Å². The number of carbonyl (C=O) groups excluding carboxylic acids is 1. The number of rotatable bonds is 4. The van der Waals surface area contributed by atoms with E-state index in [0.29, 0.717) is 12.5 Å². The molecule has 0 unspecified atom stereocenters. The molecule has 0 aromatic heterocycles. The lowest BCUT2D eigenvalue weighted by Gasteiger charge is -2.31. The van der Waals surface area contributed by atoms with E-state index in [0.717, 1.165) is 18.4 Å². The maximum Gasteiger partial charge on any atom is 0.226 e. The first kappa shape index (κ1) is 15.8. The summed E-state index contributed by atoms with van der Waals surface area (Å²) in [6.45, 7) is 0. The molecular formula is C21H25NO. The molecule has 1 fully saturated rings. The summed E-state index contributed by atoms with van der Waals surface area (Å²) in [6, 6.07) is 19.2. The second kappa shape index (κ2) is 7.45. The number of hydrogen-bond donors (Lipinski definition) is 0. The fourth-order valence-electron chi connectivity index (χ4n) is 3.42. The lowest BCUT2D eigenvalue weighted by atomic mass is 9.94. The fraction of sp³-hybridized carbons (Fsp3) is 0.381. The van der Waals surface area contributed by atoms with Crippen molar-refractivity contribution in [1.29, 1.82) is 0 Å². The van der Waals surface area contributed by atoms with E-state index in [2.05, 4.69) is 36.4 Å². The molecule has 23 heavy (non-hydrogen) atoms. The predicted molar refractivity (Wildman–Crippen MR) is 95.2 cm³/mol. The normalized spacial score (nSPS) is 15.3. The zero-order valence-electron chi connectivity index (χ0n) is 13.9. The molecule has 1 amide bonds. The highest BCUT2D eigenvalue weighted by Crippen LogP contribution is 2.23. The zero-order chi connectivity index (χ0) is 16.1. The standard InChI is InChI=1S/C21H25NO/c1-22(20-10-6-3-7-11-20)21(23)16-17-12-14-19(15-13-17)18-8-4-2-5-9-18/h2,4-5,8-9,12-15,20H,3,6-7,10-11,16H2,1H3. The van der Waals surface area contributed by atoms with Crippen LogP contribution in [0.25, 0.3) is 11.1 Å². The fourth-order valence-corrected chi connectivity index (χ4v) is 3.42. The van der Waals surface area contributed by atoms with Crippen LogP contribution in [0.1, 0.15) is 37.7 Å². The average Bonchev–Trinajstić information content (AvgIpc) is 2.63. The Bertz CT molecular complexity index is 627. The predicted octanol–water partition coefficient (Wildman–Crippen LogP) is 4.69. The lowest BCUT2D eigenvalue weighted by molar-refractivity contribution is -0.131. The molecule has 2 heteroatoms. The summed E-state index contributed by atoms with van der Waals surface area (Å²) in [5.74, 6) is 0.240. The van der Waals surface area contributed by atoms with Crippen LogP contribution in [0.5, 0.6) is 0 Å². The Labute approximate surface area is 139 Å². The minimum absolute atomic E-state index is 0.240. The van der Waals surface area contributed by atoms with Gasteiger partial charge in [-0.05, 0) is 29.5 Å². The van der Waals surface area contributed by atoms with Crippen LogP contribution in [0.15, 0.2) is 54.6 Å². The van der Waals surface area contributed by atoms with E-state index in [1.54, 1.807) is 0 Å². The van der Waals surface area contributed by atoms with Crippen LogP contribution >= 0.6 is 0 Å². The van der Waals surface area contributed by atoms with E-state index >= 15 is 0 Å². The molecule has 0 heterocycles. The highest BCUT2D eigenvalue weighted by molar-refractivity contribution is 5.79. The Kier molecular flexibility index (Phi) is 5.12.